The number of hydrogen-bond acceptors (Lipinski definition) is 8. The Balaban J connectivity index is 1.60. The number of fused-ring (bicyclic) bond motifs is 1. The molecule has 2 heterocycles. The molecule has 5 rings (SSSR count). The normalized spacial score (nSPS) is 14.7. The van der Waals surface area contributed by atoms with Gasteiger partial charge in [-0.05, 0) is 55.3 Å². The second kappa shape index (κ2) is 12.3. The van der Waals surface area contributed by atoms with Crippen molar-refractivity contribution >= 4 is 23.4 Å². The van der Waals surface area contributed by atoms with Crippen LogP contribution in [0.4, 0.5) is 0 Å². The Kier molecular flexibility index (Phi) is 8.35. The fourth-order valence-electron chi connectivity index (χ4n) is 4.72. The van der Waals surface area contributed by atoms with Crippen LogP contribution in [0, 0.1) is 0 Å². The highest BCUT2D eigenvalue weighted by Gasteiger charge is 2.35. The number of hydrogen-bond donors (Lipinski definition) is 0. The number of rotatable bonds is 9. The van der Waals surface area contributed by atoms with E-state index in [1.807, 2.05) is 60.7 Å². The van der Waals surface area contributed by atoms with Crippen LogP contribution in [0.1, 0.15) is 36.6 Å². The number of esters is 1. The Hall–Kier alpha value is -4.63. The lowest BCUT2D eigenvalue weighted by molar-refractivity contribution is -0.139. The summed E-state index contributed by atoms with van der Waals surface area (Å²) < 4.78 is 24.4. The van der Waals surface area contributed by atoms with Crippen molar-refractivity contribution in [2.24, 2.45) is 4.99 Å². The number of methoxy groups -OCH3 is 2. The fourth-order valence-corrected chi connectivity index (χ4v) is 5.76. The SMILES string of the molecule is CCOC(=O)C1=C(C)N=c2s/c(=C\c3cccc(OCc4ccccc4)c3)c(=O)n2[C@@H]1c1ccc(OC)cc1OC. The van der Waals surface area contributed by atoms with Gasteiger partial charge in [-0.15, -0.1) is 0 Å². The maximum atomic E-state index is 14.0. The topological polar surface area (TPSA) is 88.4 Å². The number of carbonyl (C=O) groups is 1. The molecule has 0 saturated heterocycles. The minimum absolute atomic E-state index is 0.190. The first-order valence-electron chi connectivity index (χ1n) is 13.1. The first-order chi connectivity index (χ1) is 19.9. The number of aromatic nitrogens is 1. The lowest BCUT2D eigenvalue weighted by atomic mass is 9.95. The first-order valence-corrected chi connectivity index (χ1v) is 13.9. The molecular formula is C32H30N2O6S. The number of ether oxygens (including phenoxy) is 4. The molecule has 0 saturated carbocycles. The van der Waals surface area contributed by atoms with E-state index in [0.717, 1.165) is 11.1 Å². The van der Waals surface area contributed by atoms with Crippen LogP contribution in [0.5, 0.6) is 17.2 Å². The van der Waals surface area contributed by atoms with Gasteiger partial charge >= 0.3 is 5.97 Å². The minimum Gasteiger partial charge on any atom is -0.497 e. The number of allylic oxidation sites excluding steroid dienone is 1. The zero-order valence-corrected chi connectivity index (χ0v) is 24.1. The molecule has 0 aliphatic carbocycles. The quantitative estimate of drug-likeness (QED) is 0.277. The summed E-state index contributed by atoms with van der Waals surface area (Å²) in [5.74, 6) is 1.22. The van der Waals surface area contributed by atoms with Crippen molar-refractivity contribution in [3.8, 4) is 17.2 Å². The molecule has 1 aliphatic heterocycles. The molecule has 0 bridgehead atoms. The minimum atomic E-state index is -0.797. The van der Waals surface area contributed by atoms with Gasteiger partial charge in [0, 0.05) is 11.6 Å². The van der Waals surface area contributed by atoms with E-state index in [9.17, 15) is 9.59 Å². The van der Waals surface area contributed by atoms with E-state index in [0.29, 0.717) is 44.4 Å². The lowest BCUT2D eigenvalue weighted by Crippen LogP contribution is -2.40. The molecule has 1 aliphatic rings. The summed E-state index contributed by atoms with van der Waals surface area (Å²) in [4.78, 5) is 32.3. The van der Waals surface area contributed by atoms with Gasteiger partial charge in [0.1, 0.15) is 29.9 Å². The van der Waals surface area contributed by atoms with E-state index < -0.39 is 12.0 Å². The summed E-state index contributed by atoms with van der Waals surface area (Å²) in [6.45, 7) is 4.12. The average Bonchev–Trinajstić information content (AvgIpc) is 3.29. The third-order valence-corrected chi connectivity index (χ3v) is 7.64. The molecular weight excluding hydrogens is 540 g/mol. The molecule has 0 radical (unpaired) electrons. The molecule has 4 aromatic rings. The molecule has 9 heteroatoms. The van der Waals surface area contributed by atoms with E-state index in [-0.39, 0.29) is 17.7 Å². The second-order valence-electron chi connectivity index (χ2n) is 9.26. The zero-order valence-electron chi connectivity index (χ0n) is 23.2. The maximum absolute atomic E-state index is 14.0. The van der Waals surface area contributed by atoms with Gasteiger partial charge in [-0.3, -0.25) is 9.36 Å². The predicted octanol–water partition coefficient (Wildman–Crippen LogP) is 4.39. The Morgan fingerprint density at radius 2 is 1.80 bits per heavy atom. The number of carbonyl (C=O) groups excluding carboxylic acids is 1. The lowest BCUT2D eigenvalue weighted by Gasteiger charge is -2.26. The van der Waals surface area contributed by atoms with Crippen LogP contribution < -0.4 is 29.1 Å². The Bertz CT molecular complexity index is 1790. The van der Waals surface area contributed by atoms with Crippen molar-refractivity contribution in [3.05, 3.63) is 120 Å². The molecule has 0 spiro atoms. The molecule has 0 amide bonds. The van der Waals surface area contributed by atoms with E-state index in [1.54, 1.807) is 39.2 Å². The summed E-state index contributed by atoms with van der Waals surface area (Å²) in [7, 11) is 3.10. The summed E-state index contributed by atoms with van der Waals surface area (Å²) in [5.41, 5.74) is 2.98. The van der Waals surface area contributed by atoms with Crippen LogP contribution in [0.15, 0.2) is 93.9 Å². The van der Waals surface area contributed by atoms with Crippen molar-refractivity contribution < 1.29 is 23.7 Å². The molecule has 1 aromatic heterocycles. The average molecular weight is 571 g/mol. The van der Waals surface area contributed by atoms with Gasteiger partial charge in [0.2, 0.25) is 0 Å². The molecule has 210 valence electrons. The first kappa shape index (κ1) is 27.9. The maximum Gasteiger partial charge on any atom is 0.338 e. The standard InChI is InChI=1S/C32H30N2O6S/c1-5-39-31(36)28-20(2)33-32-34(29(28)25-15-14-23(37-3)18-26(25)38-4)30(35)27(41-32)17-22-12-9-13-24(16-22)40-19-21-10-7-6-8-11-21/h6-18,29H,5,19H2,1-4H3/b27-17-/t29-/m1/s1. The highest BCUT2D eigenvalue weighted by Crippen LogP contribution is 2.37. The van der Waals surface area contributed by atoms with Crippen LogP contribution in [0.2, 0.25) is 0 Å². The third kappa shape index (κ3) is 5.81. The van der Waals surface area contributed by atoms with Crippen LogP contribution in [-0.4, -0.2) is 31.4 Å². The Labute approximate surface area is 241 Å². The van der Waals surface area contributed by atoms with Crippen molar-refractivity contribution in [2.75, 3.05) is 20.8 Å². The van der Waals surface area contributed by atoms with E-state index >= 15 is 0 Å². The monoisotopic (exact) mass is 570 g/mol. The highest BCUT2D eigenvalue weighted by atomic mass is 32.1. The largest absolute Gasteiger partial charge is 0.497 e. The van der Waals surface area contributed by atoms with Gasteiger partial charge in [-0.2, -0.15) is 0 Å². The van der Waals surface area contributed by atoms with Gasteiger partial charge < -0.3 is 18.9 Å². The summed E-state index contributed by atoms with van der Waals surface area (Å²) in [6, 6.07) is 22.0. The predicted molar refractivity (Wildman–Crippen MR) is 157 cm³/mol. The van der Waals surface area contributed by atoms with Crippen LogP contribution >= 0.6 is 11.3 Å². The van der Waals surface area contributed by atoms with Gasteiger partial charge in [-0.1, -0.05) is 53.8 Å². The van der Waals surface area contributed by atoms with Gasteiger partial charge in [-0.25, -0.2) is 9.79 Å². The zero-order chi connectivity index (χ0) is 28.9. The van der Waals surface area contributed by atoms with Crippen LogP contribution in [-0.2, 0) is 16.1 Å². The van der Waals surface area contributed by atoms with Crippen molar-refractivity contribution in [1.29, 1.82) is 0 Å². The summed E-state index contributed by atoms with van der Waals surface area (Å²) in [5, 5.41) is 0. The third-order valence-electron chi connectivity index (χ3n) is 6.66. The fraction of sp³-hybridized carbons (Fsp3) is 0.219. The van der Waals surface area contributed by atoms with Gasteiger partial charge in [0.15, 0.2) is 4.80 Å². The smallest absolute Gasteiger partial charge is 0.338 e. The van der Waals surface area contributed by atoms with Gasteiger partial charge in [0.25, 0.3) is 5.56 Å². The van der Waals surface area contributed by atoms with E-state index in [2.05, 4.69) is 4.99 Å². The van der Waals surface area contributed by atoms with Crippen molar-refractivity contribution in [1.82, 2.24) is 4.57 Å². The second-order valence-corrected chi connectivity index (χ2v) is 10.3. The number of nitrogens with zero attached hydrogens (tertiary/aromatic N) is 2. The van der Waals surface area contributed by atoms with Crippen LogP contribution in [0.3, 0.4) is 0 Å². The molecule has 1 atom stereocenters. The van der Waals surface area contributed by atoms with Crippen LogP contribution in [0.25, 0.3) is 6.08 Å². The van der Waals surface area contributed by atoms with Crippen molar-refractivity contribution in [2.45, 2.75) is 26.5 Å². The molecule has 0 N–H and O–H groups in total. The van der Waals surface area contributed by atoms with Crippen molar-refractivity contribution in [3.63, 3.8) is 0 Å². The molecule has 3 aromatic carbocycles. The highest BCUT2D eigenvalue weighted by molar-refractivity contribution is 7.07. The van der Waals surface area contributed by atoms with E-state index in [4.69, 9.17) is 18.9 Å². The van der Waals surface area contributed by atoms with E-state index in [1.165, 1.54) is 23.0 Å². The Morgan fingerprint density at radius 3 is 2.54 bits per heavy atom. The molecule has 8 nitrogen and oxygen atoms in total. The Morgan fingerprint density at radius 1 is 1.00 bits per heavy atom. The summed E-state index contributed by atoms with van der Waals surface area (Å²) in [6.07, 6.45) is 1.81. The molecule has 0 unspecified atom stereocenters. The summed E-state index contributed by atoms with van der Waals surface area (Å²) >= 11 is 1.26. The number of thiazole rings is 1. The van der Waals surface area contributed by atoms with Gasteiger partial charge in [0.05, 0.1) is 36.6 Å². The number of benzene rings is 3. The molecule has 41 heavy (non-hydrogen) atoms. The molecule has 0 fully saturated rings.